The molecule has 5 heteroatoms. The summed E-state index contributed by atoms with van der Waals surface area (Å²) >= 11 is 0. The van der Waals surface area contributed by atoms with Crippen molar-refractivity contribution < 1.29 is 0 Å². The van der Waals surface area contributed by atoms with Gasteiger partial charge in [0.1, 0.15) is 5.82 Å². The van der Waals surface area contributed by atoms with Crippen LogP contribution in [0.25, 0.3) is 11.4 Å². The molecule has 0 radical (unpaired) electrons. The van der Waals surface area contributed by atoms with E-state index >= 15 is 0 Å². The molecule has 2 aromatic rings. The van der Waals surface area contributed by atoms with E-state index in [1.54, 1.807) is 0 Å². The quantitative estimate of drug-likeness (QED) is 0.913. The van der Waals surface area contributed by atoms with Crippen LogP contribution in [0.5, 0.6) is 0 Å². The molecule has 0 aliphatic carbocycles. The highest BCUT2D eigenvalue weighted by atomic mass is 15.3. The number of hydrogen-bond acceptors (Lipinski definition) is 4. The zero-order valence-electron chi connectivity index (χ0n) is 15.1. The molecule has 0 amide bonds. The summed E-state index contributed by atoms with van der Waals surface area (Å²) in [4.78, 5) is 9.86. The van der Waals surface area contributed by atoms with Gasteiger partial charge in [-0.25, -0.2) is 4.98 Å². The molecule has 1 aliphatic heterocycles. The molecule has 0 saturated carbocycles. The van der Waals surface area contributed by atoms with Gasteiger partial charge in [-0.3, -0.25) is 4.90 Å². The fraction of sp³-hybridized carbons (Fsp3) is 0.526. The molecule has 1 aromatic carbocycles. The van der Waals surface area contributed by atoms with Gasteiger partial charge >= 0.3 is 0 Å². The van der Waals surface area contributed by atoms with Crippen molar-refractivity contribution in [2.24, 2.45) is 12.8 Å². The van der Waals surface area contributed by atoms with E-state index in [4.69, 9.17) is 10.7 Å². The molecule has 1 unspecified atom stereocenters. The van der Waals surface area contributed by atoms with Crippen LogP contribution in [0.4, 0.5) is 0 Å². The molecule has 1 aliphatic rings. The topological polar surface area (TPSA) is 50.3 Å². The first-order valence-corrected chi connectivity index (χ1v) is 8.90. The molecule has 24 heavy (non-hydrogen) atoms. The monoisotopic (exact) mass is 327 g/mol. The van der Waals surface area contributed by atoms with Crippen LogP contribution in [-0.2, 0) is 7.05 Å². The van der Waals surface area contributed by atoms with Gasteiger partial charge in [-0.2, -0.15) is 0 Å². The Bertz CT molecular complexity index is 656. The van der Waals surface area contributed by atoms with E-state index in [1.807, 2.05) is 6.07 Å². The summed E-state index contributed by atoms with van der Waals surface area (Å²) in [5, 5.41) is 0. The van der Waals surface area contributed by atoms with Crippen LogP contribution in [0, 0.1) is 6.92 Å². The molecule has 130 valence electrons. The molecule has 1 aromatic heterocycles. The molecule has 3 rings (SSSR count). The Morgan fingerprint density at radius 2 is 1.79 bits per heavy atom. The minimum atomic E-state index is 0.235. The molecule has 1 saturated heterocycles. The lowest BCUT2D eigenvalue weighted by Crippen LogP contribution is -2.49. The Hall–Kier alpha value is -1.69. The molecule has 0 spiro atoms. The van der Waals surface area contributed by atoms with Gasteiger partial charge in [0, 0.05) is 45.3 Å². The highest BCUT2D eigenvalue weighted by Crippen LogP contribution is 2.28. The number of hydrogen-bond donors (Lipinski definition) is 1. The SMILES string of the molecule is CCN1CCN(C(CN)c2c(C)nc(-c3ccccc3)n2C)CC1. The van der Waals surface area contributed by atoms with Crippen LogP contribution in [0.1, 0.15) is 24.4 Å². The Labute approximate surface area is 145 Å². The van der Waals surface area contributed by atoms with Gasteiger partial charge in [0.2, 0.25) is 0 Å². The molecule has 1 atom stereocenters. The second kappa shape index (κ2) is 7.47. The zero-order chi connectivity index (χ0) is 17.1. The molecule has 5 nitrogen and oxygen atoms in total. The first-order valence-electron chi connectivity index (χ1n) is 8.90. The Morgan fingerprint density at radius 3 is 2.38 bits per heavy atom. The Balaban J connectivity index is 1.89. The number of imidazole rings is 1. The lowest BCUT2D eigenvalue weighted by atomic mass is 10.1. The van der Waals surface area contributed by atoms with E-state index in [9.17, 15) is 0 Å². The summed E-state index contributed by atoms with van der Waals surface area (Å²) in [5.41, 5.74) is 9.68. The summed E-state index contributed by atoms with van der Waals surface area (Å²) in [6, 6.07) is 10.6. The predicted octanol–water partition coefficient (Wildman–Crippen LogP) is 2.03. The fourth-order valence-electron chi connectivity index (χ4n) is 3.78. The average molecular weight is 327 g/mol. The van der Waals surface area contributed by atoms with Crippen molar-refractivity contribution in [3.05, 3.63) is 41.7 Å². The summed E-state index contributed by atoms with van der Waals surface area (Å²) in [5.74, 6) is 1.02. The normalized spacial score (nSPS) is 18.0. The van der Waals surface area contributed by atoms with Gasteiger partial charge in [0.25, 0.3) is 0 Å². The van der Waals surface area contributed by atoms with E-state index in [-0.39, 0.29) is 6.04 Å². The van der Waals surface area contributed by atoms with Gasteiger partial charge in [-0.1, -0.05) is 37.3 Å². The van der Waals surface area contributed by atoms with Gasteiger partial charge in [-0.15, -0.1) is 0 Å². The second-order valence-electron chi connectivity index (χ2n) is 6.55. The second-order valence-corrected chi connectivity index (χ2v) is 6.55. The minimum Gasteiger partial charge on any atom is -0.329 e. The number of nitrogens with two attached hydrogens (primary N) is 1. The number of aromatic nitrogens is 2. The maximum absolute atomic E-state index is 6.19. The third kappa shape index (κ3) is 3.24. The van der Waals surface area contributed by atoms with Gasteiger partial charge < -0.3 is 15.2 Å². The summed E-state index contributed by atoms with van der Waals surface area (Å²) < 4.78 is 2.23. The number of aryl methyl sites for hydroxylation is 1. The maximum Gasteiger partial charge on any atom is 0.140 e. The average Bonchev–Trinajstić information content (AvgIpc) is 2.92. The smallest absolute Gasteiger partial charge is 0.140 e. The number of benzene rings is 1. The van der Waals surface area contributed by atoms with Crippen molar-refractivity contribution in [1.29, 1.82) is 0 Å². The van der Waals surface area contributed by atoms with Gasteiger partial charge in [0.15, 0.2) is 0 Å². The van der Waals surface area contributed by atoms with E-state index in [1.165, 1.54) is 5.69 Å². The zero-order valence-corrected chi connectivity index (χ0v) is 15.1. The molecule has 2 N–H and O–H groups in total. The largest absolute Gasteiger partial charge is 0.329 e. The van der Waals surface area contributed by atoms with E-state index < -0.39 is 0 Å². The predicted molar refractivity (Wildman–Crippen MR) is 98.9 cm³/mol. The summed E-state index contributed by atoms with van der Waals surface area (Å²) in [6.07, 6.45) is 0. The van der Waals surface area contributed by atoms with Gasteiger partial charge in [0.05, 0.1) is 17.4 Å². The van der Waals surface area contributed by atoms with Crippen molar-refractivity contribution in [3.63, 3.8) is 0 Å². The Morgan fingerprint density at radius 1 is 1.12 bits per heavy atom. The van der Waals surface area contributed by atoms with Crippen LogP contribution in [0.3, 0.4) is 0 Å². The first kappa shape index (κ1) is 17.1. The highest BCUT2D eigenvalue weighted by molar-refractivity contribution is 5.56. The van der Waals surface area contributed by atoms with Crippen molar-refractivity contribution in [3.8, 4) is 11.4 Å². The van der Waals surface area contributed by atoms with Crippen LogP contribution >= 0.6 is 0 Å². The first-order chi connectivity index (χ1) is 11.7. The third-order valence-electron chi connectivity index (χ3n) is 5.19. The van der Waals surface area contributed by atoms with Crippen LogP contribution < -0.4 is 5.73 Å². The molecule has 2 heterocycles. The fourth-order valence-corrected chi connectivity index (χ4v) is 3.78. The van der Waals surface area contributed by atoms with Crippen LogP contribution in [-0.4, -0.2) is 58.6 Å². The summed E-state index contributed by atoms with van der Waals surface area (Å²) in [7, 11) is 2.11. The van der Waals surface area contributed by atoms with Gasteiger partial charge in [-0.05, 0) is 13.5 Å². The number of likely N-dealkylation sites (N-methyl/N-ethyl adjacent to an activating group) is 1. The third-order valence-corrected chi connectivity index (χ3v) is 5.19. The maximum atomic E-state index is 6.19. The molecule has 1 fully saturated rings. The number of nitrogens with zero attached hydrogens (tertiary/aromatic N) is 4. The summed E-state index contributed by atoms with van der Waals surface area (Å²) in [6.45, 7) is 10.5. The minimum absolute atomic E-state index is 0.235. The van der Waals surface area contributed by atoms with Crippen molar-refractivity contribution in [2.75, 3.05) is 39.3 Å². The van der Waals surface area contributed by atoms with Crippen LogP contribution in [0.15, 0.2) is 30.3 Å². The molecule has 0 bridgehead atoms. The lowest BCUT2D eigenvalue weighted by Gasteiger charge is -2.38. The molecular weight excluding hydrogens is 298 g/mol. The van der Waals surface area contributed by atoms with Crippen molar-refractivity contribution in [1.82, 2.24) is 19.4 Å². The standard InChI is InChI=1S/C19H29N5/c1-4-23-10-12-24(13-11-23)17(14-20)18-15(2)21-19(22(18)3)16-8-6-5-7-9-16/h5-9,17H,4,10-14,20H2,1-3H3. The van der Waals surface area contributed by atoms with Crippen molar-refractivity contribution >= 4 is 0 Å². The van der Waals surface area contributed by atoms with Crippen molar-refractivity contribution in [2.45, 2.75) is 19.9 Å². The van der Waals surface area contributed by atoms with Crippen LogP contribution in [0.2, 0.25) is 0 Å². The molecular formula is C19H29N5. The van der Waals surface area contributed by atoms with E-state index in [0.29, 0.717) is 6.54 Å². The van der Waals surface area contributed by atoms with E-state index in [0.717, 1.165) is 49.8 Å². The lowest BCUT2D eigenvalue weighted by molar-refractivity contribution is 0.0989. The highest BCUT2D eigenvalue weighted by Gasteiger charge is 2.28. The number of rotatable bonds is 5. The number of piperazine rings is 1. The van der Waals surface area contributed by atoms with E-state index in [2.05, 4.69) is 59.5 Å². The Kier molecular flexibility index (Phi) is 5.33.